The van der Waals surface area contributed by atoms with Crippen LogP contribution >= 0.6 is 0 Å². The molecule has 16 heavy (non-hydrogen) atoms. The molecule has 0 aliphatic heterocycles. The number of hydrogen-bond acceptors (Lipinski definition) is 2. The smallest absolute Gasteiger partial charge is 0.201 e. The first kappa shape index (κ1) is 10.8. The highest BCUT2D eigenvalue weighted by Crippen LogP contribution is 2.24. The van der Waals surface area contributed by atoms with Gasteiger partial charge in [0.25, 0.3) is 0 Å². The Labute approximate surface area is 90.9 Å². The molecule has 1 aromatic heterocycles. The second-order valence-corrected chi connectivity index (χ2v) is 3.56. The van der Waals surface area contributed by atoms with Gasteiger partial charge in [-0.1, -0.05) is 6.92 Å². The Morgan fingerprint density at radius 1 is 1.38 bits per heavy atom. The van der Waals surface area contributed by atoms with Crippen LogP contribution in [0.4, 0.5) is 8.78 Å². The normalized spacial score (nSPS) is 10.9. The van der Waals surface area contributed by atoms with Gasteiger partial charge in [0.05, 0.1) is 0 Å². The van der Waals surface area contributed by atoms with Crippen molar-refractivity contribution in [3.05, 3.63) is 35.6 Å². The summed E-state index contributed by atoms with van der Waals surface area (Å²) in [6.45, 7) is 1.86. The molecule has 2 rings (SSSR count). The summed E-state index contributed by atoms with van der Waals surface area (Å²) in [6, 6.07) is 3.84. The third-order valence-electron chi connectivity index (χ3n) is 2.33. The molecule has 0 atom stereocenters. The maximum absolute atomic E-state index is 13.3. The second kappa shape index (κ2) is 4.04. The van der Waals surface area contributed by atoms with E-state index in [1.807, 2.05) is 6.92 Å². The Bertz CT molecular complexity index is 543. The van der Waals surface area contributed by atoms with Crippen molar-refractivity contribution in [2.24, 2.45) is 0 Å². The van der Waals surface area contributed by atoms with Gasteiger partial charge in [-0.05, 0) is 24.6 Å². The number of ketones is 1. The van der Waals surface area contributed by atoms with Crippen LogP contribution in [0.15, 0.2) is 22.6 Å². The van der Waals surface area contributed by atoms with Crippen molar-refractivity contribution in [1.82, 2.24) is 0 Å². The van der Waals surface area contributed by atoms with E-state index in [0.717, 1.165) is 6.07 Å². The van der Waals surface area contributed by atoms with Crippen molar-refractivity contribution in [2.45, 2.75) is 19.8 Å². The van der Waals surface area contributed by atoms with Crippen LogP contribution in [0.2, 0.25) is 0 Å². The van der Waals surface area contributed by atoms with Gasteiger partial charge >= 0.3 is 0 Å². The highest BCUT2D eigenvalue weighted by molar-refractivity contribution is 5.97. The third kappa shape index (κ3) is 1.71. The fourth-order valence-corrected chi connectivity index (χ4v) is 1.53. The predicted molar refractivity (Wildman–Crippen MR) is 55.4 cm³/mol. The van der Waals surface area contributed by atoms with Crippen molar-refractivity contribution in [2.75, 3.05) is 0 Å². The molecular weight excluding hydrogens is 214 g/mol. The van der Waals surface area contributed by atoms with Crippen molar-refractivity contribution in [3.8, 4) is 0 Å². The fraction of sp³-hybridized carbons (Fsp3) is 0.250. The SMILES string of the molecule is CCCC(=O)c1cc2ccc(F)c(F)c2o1. The molecule has 0 spiro atoms. The highest BCUT2D eigenvalue weighted by atomic mass is 19.2. The number of carbonyl (C=O) groups is 1. The van der Waals surface area contributed by atoms with Crippen LogP contribution in [-0.4, -0.2) is 5.78 Å². The minimum absolute atomic E-state index is 0.0846. The molecule has 0 saturated heterocycles. The van der Waals surface area contributed by atoms with E-state index in [1.165, 1.54) is 12.1 Å². The largest absolute Gasteiger partial charge is 0.450 e. The molecule has 84 valence electrons. The summed E-state index contributed by atoms with van der Waals surface area (Å²) < 4.78 is 31.2. The van der Waals surface area contributed by atoms with Crippen molar-refractivity contribution in [1.29, 1.82) is 0 Å². The molecule has 0 saturated carbocycles. The maximum atomic E-state index is 13.3. The van der Waals surface area contributed by atoms with Crippen LogP contribution in [-0.2, 0) is 0 Å². The van der Waals surface area contributed by atoms with Crippen molar-refractivity contribution >= 4 is 16.8 Å². The van der Waals surface area contributed by atoms with E-state index < -0.39 is 11.6 Å². The van der Waals surface area contributed by atoms with E-state index in [1.54, 1.807) is 0 Å². The molecule has 0 amide bonds. The summed E-state index contributed by atoms with van der Waals surface area (Å²) in [6.07, 6.45) is 1.02. The summed E-state index contributed by atoms with van der Waals surface area (Å²) in [5.41, 5.74) is -0.195. The monoisotopic (exact) mass is 224 g/mol. The average molecular weight is 224 g/mol. The van der Waals surface area contributed by atoms with Crippen molar-refractivity contribution in [3.63, 3.8) is 0 Å². The molecule has 0 aliphatic rings. The first-order valence-electron chi connectivity index (χ1n) is 5.04. The zero-order chi connectivity index (χ0) is 11.7. The van der Waals surface area contributed by atoms with Crippen LogP contribution in [0, 0.1) is 11.6 Å². The van der Waals surface area contributed by atoms with E-state index >= 15 is 0 Å². The Hall–Kier alpha value is -1.71. The molecule has 0 radical (unpaired) electrons. The Morgan fingerprint density at radius 2 is 2.12 bits per heavy atom. The third-order valence-corrected chi connectivity index (χ3v) is 2.33. The lowest BCUT2D eigenvalue weighted by Gasteiger charge is -1.93. The number of halogens is 2. The van der Waals surface area contributed by atoms with Gasteiger partial charge in [0.2, 0.25) is 5.82 Å². The fourth-order valence-electron chi connectivity index (χ4n) is 1.53. The minimum Gasteiger partial charge on any atom is -0.450 e. The van der Waals surface area contributed by atoms with Gasteiger partial charge in [-0.3, -0.25) is 4.79 Å². The summed E-state index contributed by atoms with van der Waals surface area (Å²) in [7, 11) is 0. The summed E-state index contributed by atoms with van der Waals surface area (Å²) in [5, 5.41) is 0.401. The van der Waals surface area contributed by atoms with Gasteiger partial charge in [-0.2, -0.15) is 4.39 Å². The predicted octanol–water partition coefficient (Wildman–Crippen LogP) is 3.69. The molecule has 2 aromatic rings. The lowest BCUT2D eigenvalue weighted by Crippen LogP contribution is -1.94. The molecule has 1 heterocycles. The lowest BCUT2D eigenvalue weighted by molar-refractivity contribution is 0.0957. The zero-order valence-corrected chi connectivity index (χ0v) is 8.72. The molecule has 2 nitrogen and oxygen atoms in total. The standard InChI is InChI=1S/C12H10F2O2/c1-2-3-9(15)10-6-7-4-5-8(13)11(14)12(7)16-10/h4-6H,2-3H2,1H3. The van der Waals surface area contributed by atoms with Gasteiger partial charge in [-0.15, -0.1) is 0 Å². The topological polar surface area (TPSA) is 30.2 Å². The zero-order valence-electron chi connectivity index (χ0n) is 8.72. The lowest BCUT2D eigenvalue weighted by atomic mass is 10.2. The Kier molecular flexibility index (Phi) is 2.73. The maximum Gasteiger partial charge on any atom is 0.201 e. The number of benzene rings is 1. The number of hydrogen-bond donors (Lipinski definition) is 0. The molecule has 0 aliphatic carbocycles. The molecule has 0 bridgehead atoms. The van der Waals surface area contributed by atoms with Crippen LogP contribution in [0.25, 0.3) is 11.0 Å². The van der Waals surface area contributed by atoms with Crippen LogP contribution in [0.1, 0.15) is 30.3 Å². The molecule has 4 heteroatoms. The molecule has 0 N–H and O–H groups in total. The van der Waals surface area contributed by atoms with Crippen LogP contribution in [0.5, 0.6) is 0 Å². The van der Waals surface area contributed by atoms with E-state index in [0.29, 0.717) is 18.2 Å². The number of furan rings is 1. The number of rotatable bonds is 3. The van der Waals surface area contributed by atoms with Crippen LogP contribution < -0.4 is 0 Å². The number of Topliss-reactive ketones (excluding diaryl/α,β-unsaturated/α-hetero) is 1. The van der Waals surface area contributed by atoms with Gasteiger partial charge in [0, 0.05) is 11.8 Å². The van der Waals surface area contributed by atoms with Gasteiger partial charge in [-0.25, -0.2) is 4.39 Å². The molecule has 0 unspecified atom stereocenters. The first-order valence-corrected chi connectivity index (χ1v) is 5.04. The van der Waals surface area contributed by atoms with Gasteiger partial charge in [0.15, 0.2) is 22.9 Å². The minimum atomic E-state index is -1.05. The number of fused-ring (bicyclic) bond motifs is 1. The molecule has 1 aromatic carbocycles. The Balaban J connectivity index is 2.52. The summed E-state index contributed by atoms with van der Waals surface area (Å²) in [5.74, 6) is -2.13. The average Bonchev–Trinajstić information content (AvgIpc) is 2.69. The van der Waals surface area contributed by atoms with E-state index in [9.17, 15) is 13.6 Å². The van der Waals surface area contributed by atoms with Gasteiger partial charge < -0.3 is 4.42 Å². The Morgan fingerprint density at radius 3 is 2.81 bits per heavy atom. The molecule has 0 fully saturated rings. The number of carbonyl (C=O) groups excluding carboxylic acids is 1. The van der Waals surface area contributed by atoms with E-state index in [-0.39, 0.29) is 17.1 Å². The highest BCUT2D eigenvalue weighted by Gasteiger charge is 2.16. The summed E-state index contributed by atoms with van der Waals surface area (Å²) in [4.78, 5) is 11.5. The van der Waals surface area contributed by atoms with Gasteiger partial charge in [0.1, 0.15) is 0 Å². The van der Waals surface area contributed by atoms with E-state index in [4.69, 9.17) is 4.42 Å². The second-order valence-electron chi connectivity index (χ2n) is 3.56. The van der Waals surface area contributed by atoms with Crippen LogP contribution in [0.3, 0.4) is 0 Å². The van der Waals surface area contributed by atoms with E-state index in [2.05, 4.69) is 0 Å². The first-order chi connectivity index (χ1) is 7.63. The molecular formula is C12H10F2O2. The quantitative estimate of drug-likeness (QED) is 0.744. The van der Waals surface area contributed by atoms with Crippen molar-refractivity contribution < 1.29 is 18.0 Å². The summed E-state index contributed by atoms with van der Waals surface area (Å²) >= 11 is 0.